The largest absolute Gasteiger partial charge is 0.496 e. The quantitative estimate of drug-likeness (QED) is 0.361. The molecule has 0 bridgehead atoms. The van der Waals surface area contributed by atoms with Crippen LogP contribution in [0.15, 0.2) is 16.6 Å². The first-order valence-electron chi connectivity index (χ1n) is 4.13. The van der Waals surface area contributed by atoms with Gasteiger partial charge in [-0.25, -0.2) is 0 Å². The highest BCUT2D eigenvalue weighted by Gasteiger charge is 2.23. The van der Waals surface area contributed by atoms with Crippen molar-refractivity contribution in [3.05, 3.63) is 32.3 Å². The normalized spacial score (nSPS) is 9.94. The molecule has 16 heavy (non-hydrogen) atoms. The van der Waals surface area contributed by atoms with Crippen LogP contribution in [0.1, 0.15) is 10.4 Å². The van der Waals surface area contributed by atoms with Gasteiger partial charge in [0.2, 0.25) is 0 Å². The average Bonchev–Trinajstić information content (AvgIpc) is 2.26. The maximum atomic E-state index is 11.6. The second kappa shape index (κ2) is 5.40. The molecule has 0 radical (unpaired) electrons. The molecule has 0 N–H and O–H groups in total. The lowest BCUT2D eigenvalue weighted by Gasteiger charge is -2.08. The van der Waals surface area contributed by atoms with Gasteiger partial charge in [-0.1, -0.05) is 15.9 Å². The molecule has 86 valence electrons. The van der Waals surface area contributed by atoms with Crippen molar-refractivity contribution in [1.29, 1.82) is 0 Å². The van der Waals surface area contributed by atoms with Crippen molar-refractivity contribution in [2.45, 2.75) is 0 Å². The van der Waals surface area contributed by atoms with Crippen molar-refractivity contribution in [1.82, 2.24) is 0 Å². The number of ketones is 1. The van der Waals surface area contributed by atoms with Gasteiger partial charge in [-0.2, -0.15) is 0 Å². The molecule has 0 saturated carbocycles. The fourth-order valence-corrected chi connectivity index (χ4v) is 2.16. The van der Waals surface area contributed by atoms with Crippen LogP contribution >= 0.6 is 31.9 Å². The van der Waals surface area contributed by atoms with Crippen molar-refractivity contribution in [3.63, 3.8) is 0 Å². The molecule has 0 aliphatic rings. The van der Waals surface area contributed by atoms with Crippen LogP contribution in [0.2, 0.25) is 0 Å². The minimum atomic E-state index is -0.561. The summed E-state index contributed by atoms with van der Waals surface area (Å²) in [5.74, 6) is 0.0225. The lowest BCUT2D eigenvalue weighted by Crippen LogP contribution is -2.06. The van der Waals surface area contributed by atoms with E-state index < -0.39 is 4.92 Å². The number of rotatable bonds is 4. The van der Waals surface area contributed by atoms with E-state index in [0.29, 0.717) is 5.75 Å². The Hall–Kier alpha value is -0.950. The van der Waals surface area contributed by atoms with Crippen molar-refractivity contribution in [2.75, 3.05) is 12.4 Å². The van der Waals surface area contributed by atoms with Gasteiger partial charge >= 0.3 is 0 Å². The number of carbonyl (C=O) groups excluding carboxylic acids is 1. The summed E-state index contributed by atoms with van der Waals surface area (Å²) in [4.78, 5) is 21.7. The summed E-state index contributed by atoms with van der Waals surface area (Å²) in [5, 5.41) is 10.8. The molecule has 1 rings (SSSR count). The van der Waals surface area contributed by atoms with Gasteiger partial charge in [-0.05, 0) is 22.0 Å². The van der Waals surface area contributed by atoms with E-state index in [-0.39, 0.29) is 26.8 Å². The Morgan fingerprint density at radius 2 is 2.19 bits per heavy atom. The molecule has 1 aromatic carbocycles. The molecular weight excluding hydrogens is 346 g/mol. The van der Waals surface area contributed by atoms with E-state index in [1.807, 2.05) is 0 Å². The first kappa shape index (κ1) is 13.1. The zero-order valence-corrected chi connectivity index (χ0v) is 11.4. The van der Waals surface area contributed by atoms with E-state index in [2.05, 4.69) is 31.9 Å². The molecule has 0 aromatic heterocycles. The number of ether oxygens (including phenoxy) is 1. The zero-order chi connectivity index (χ0) is 12.3. The minimum absolute atomic E-state index is 0.0725. The van der Waals surface area contributed by atoms with Crippen LogP contribution in [-0.2, 0) is 0 Å². The molecule has 5 nitrogen and oxygen atoms in total. The first-order valence-corrected chi connectivity index (χ1v) is 6.04. The van der Waals surface area contributed by atoms with Crippen LogP contribution < -0.4 is 4.74 Å². The fourth-order valence-electron chi connectivity index (χ4n) is 1.19. The Kier molecular flexibility index (Phi) is 4.43. The molecular formula is C9H7Br2NO4. The van der Waals surface area contributed by atoms with Crippen LogP contribution in [0.5, 0.6) is 5.75 Å². The fraction of sp³-hybridized carbons (Fsp3) is 0.222. The van der Waals surface area contributed by atoms with Crippen LogP contribution in [-0.4, -0.2) is 23.1 Å². The number of nitro groups is 1. The third-order valence-corrected chi connectivity index (χ3v) is 3.21. The summed E-state index contributed by atoms with van der Waals surface area (Å²) < 4.78 is 5.13. The summed E-state index contributed by atoms with van der Waals surface area (Å²) in [6.45, 7) is 0. The summed E-state index contributed by atoms with van der Waals surface area (Å²) >= 11 is 6.07. The van der Waals surface area contributed by atoms with Crippen LogP contribution in [0.4, 0.5) is 5.69 Å². The molecule has 0 aliphatic carbocycles. The number of carbonyl (C=O) groups is 1. The minimum Gasteiger partial charge on any atom is -0.496 e. The molecule has 0 spiro atoms. The topological polar surface area (TPSA) is 69.4 Å². The van der Waals surface area contributed by atoms with Gasteiger partial charge in [0.1, 0.15) is 10.2 Å². The number of hydrogen-bond donors (Lipinski definition) is 0. The third-order valence-electron chi connectivity index (χ3n) is 1.90. The Morgan fingerprint density at radius 1 is 1.56 bits per heavy atom. The van der Waals surface area contributed by atoms with Crippen LogP contribution in [0.25, 0.3) is 0 Å². The molecule has 1 aromatic rings. The van der Waals surface area contributed by atoms with Crippen LogP contribution in [0, 0.1) is 10.1 Å². The van der Waals surface area contributed by atoms with E-state index in [0.717, 1.165) is 0 Å². The average molecular weight is 353 g/mol. The number of benzene rings is 1. The van der Waals surface area contributed by atoms with Crippen molar-refractivity contribution in [2.24, 2.45) is 0 Å². The highest BCUT2D eigenvalue weighted by Crippen LogP contribution is 2.35. The predicted octanol–water partition coefficient (Wildman–Crippen LogP) is 2.94. The highest BCUT2D eigenvalue weighted by molar-refractivity contribution is 9.10. The van der Waals surface area contributed by atoms with Gasteiger partial charge in [0.25, 0.3) is 5.69 Å². The van der Waals surface area contributed by atoms with Gasteiger partial charge in [-0.15, -0.1) is 0 Å². The van der Waals surface area contributed by atoms with Crippen molar-refractivity contribution >= 4 is 43.3 Å². The Labute approximate surface area is 108 Å². The first-order chi connectivity index (χ1) is 7.52. The number of methoxy groups -OCH3 is 1. The Morgan fingerprint density at radius 3 is 2.62 bits per heavy atom. The van der Waals surface area contributed by atoms with Gasteiger partial charge in [0, 0.05) is 6.07 Å². The molecule has 0 aliphatic heterocycles. The standard InChI is InChI=1S/C9H7Br2NO4/c1-16-7-3-2-5(12(14)15)9(11)8(7)6(13)4-10/h2-3H,4H2,1H3. The zero-order valence-electron chi connectivity index (χ0n) is 8.20. The third kappa shape index (κ3) is 2.41. The maximum absolute atomic E-state index is 11.6. The van der Waals surface area contributed by atoms with Gasteiger partial charge in [-0.3, -0.25) is 14.9 Å². The van der Waals surface area contributed by atoms with E-state index >= 15 is 0 Å². The second-order valence-corrected chi connectivity index (χ2v) is 4.14. The number of nitrogens with zero attached hydrogens (tertiary/aromatic N) is 1. The molecule has 0 heterocycles. The van der Waals surface area contributed by atoms with Crippen molar-refractivity contribution in [3.8, 4) is 5.75 Å². The summed E-state index contributed by atoms with van der Waals surface area (Å²) in [5.41, 5.74) is 0.0127. The number of Topliss-reactive ketones (excluding diaryl/α,β-unsaturated/α-hetero) is 1. The molecule has 0 fully saturated rings. The number of hydrogen-bond acceptors (Lipinski definition) is 4. The molecule has 7 heteroatoms. The molecule has 0 amide bonds. The monoisotopic (exact) mass is 351 g/mol. The van der Waals surface area contributed by atoms with E-state index in [1.165, 1.54) is 19.2 Å². The smallest absolute Gasteiger partial charge is 0.284 e. The van der Waals surface area contributed by atoms with E-state index in [9.17, 15) is 14.9 Å². The molecule has 0 atom stereocenters. The van der Waals surface area contributed by atoms with Crippen LogP contribution in [0.3, 0.4) is 0 Å². The maximum Gasteiger partial charge on any atom is 0.284 e. The Balaban J connectivity index is 3.46. The summed E-state index contributed by atoms with van der Waals surface area (Å²) in [6, 6.07) is 2.69. The number of alkyl halides is 1. The van der Waals surface area contributed by atoms with E-state index in [1.54, 1.807) is 0 Å². The predicted molar refractivity (Wildman–Crippen MR) is 65.5 cm³/mol. The number of nitro benzene ring substituents is 1. The SMILES string of the molecule is COc1ccc([N+](=O)[O-])c(Br)c1C(=O)CBr. The van der Waals surface area contributed by atoms with Gasteiger partial charge in [0.15, 0.2) is 5.78 Å². The van der Waals surface area contributed by atoms with Gasteiger partial charge in [0.05, 0.1) is 22.9 Å². The molecule has 0 saturated heterocycles. The summed E-state index contributed by atoms with van der Waals surface area (Å²) in [6.07, 6.45) is 0. The lowest BCUT2D eigenvalue weighted by atomic mass is 10.1. The Bertz CT molecular complexity index is 447. The molecule has 0 unspecified atom stereocenters. The van der Waals surface area contributed by atoms with E-state index in [4.69, 9.17) is 4.74 Å². The summed E-state index contributed by atoms with van der Waals surface area (Å²) in [7, 11) is 1.40. The second-order valence-electron chi connectivity index (χ2n) is 2.79. The lowest BCUT2D eigenvalue weighted by molar-refractivity contribution is -0.385. The van der Waals surface area contributed by atoms with Crippen molar-refractivity contribution < 1.29 is 14.5 Å². The van der Waals surface area contributed by atoms with Gasteiger partial charge < -0.3 is 4.74 Å². The number of halogens is 2. The highest BCUT2D eigenvalue weighted by atomic mass is 79.9.